The van der Waals surface area contributed by atoms with E-state index in [9.17, 15) is 4.79 Å². The van der Waals surface area contributed by atoms with Gasteiger partial charge >= 0.3 is 5.97 Å². The highest BCUT2D eigenvalue weighted by molar-refractivity contribution is 9.10. The second-order valence-corrected chi connectivity index (χ2v) is 4.70. The number of rotatable bonds is 3. The summed E-state index contributed by atoms with van der Waals surface area (Å²) in [6.45, 7) is 3.76. The van der Waals surface area contributed by atoms with E-state index in [2.05, 4.69) is 25.9 Å². The number of hydrogen-bond acceptors (Lipinski definition) is 5. The molecule has 2 aromatic rings. The summed E-state index contributed by atoms with van der Waals surface area (Å²) in [5.41, 5.74) is 6.07. The Labute approximate surface area is 118 Å². The molecule has 2 heterocycles. The third kappa shape index (κ3) is 2.60. The maximum absolute atomic E-state index is 11.7. The molecule has 0 bridgehead atoms. The third-order valence-electron chi connectivity index (χ3n) is 2.49. The van der Waals surface area contributed by atoms with Crippen LogP contribution in [0.3, 0.4) is 0 Å². The highest BCUT2D eigenvalue weighted by atomic mass is 79.9. The van der Waals surface area contributed by atoms with Crippen molar-refractivity contribution in [2.45, 2.75) is 13.8 Å². The van der Waals surface area contributed by atoms with Crippen LogP contribution < -0.4 is 5.73 Å². The molecule has 0 radical (unpaired) electrons. The molecular weight excluding hydrogens is 312 g/mol. The number of esters is 1. The summed E-state index contributed by atoms with van der Waals surface area (Å²) in [5.74, 6) is 0.876. The number of anilines is 1. The quantitative estimate of drug-likeness (QED) is 0.874. The van der Waals surface area contributed by atoms with Crippen LogP contribution in [-0.2, 0) is 4.74 Å². The van der Waals surface area contributed by atoms with Crippen molar-refractivity contribution in [3.8, 4) is 5.82 Å². The van der Waals surface area contributed by atoms with Gasteiger partial charge in [-0.2, -0.15) is 0 Å². The van der Waals surface area contributed by atoms with Crippen molar-refractivity contribution in [2.24, 2.45) is 0 Å². The van der Waals surface area contributed by atoms with Gasteiger partial charge < -0.3 is 10.5 Å². The molecule has 2 N–H and O–H groups in total. The maximum atomic E-state index is 11.7. The fraction of sp³-hybridized carbons (Fsp3) is 0.250. The van der Waals surface area contributed by atoms with Crippen LogP contribution in [0.5, 0.6) is 0 Å². The molecule has 0 atom stereocenters. The number of ether oxygens (including phenoxy) is 1. The molecule has 0 amide bonds. The number of hydrogen-bond donors (Lipinski definition) is 1. The van der Waals surface area contributed by atoms with Gasteiger partial charge in [-0.3, -0.25) is 4.57 Å². The van der Waals surface area contributed by atoms with Crippen LogP contribution in [0.2, 0.25) is 0 Å². The Bertz CT molecular complexity index is 607. The zero-order valence-electron chi connectivity index (χ0n) is 10.6. The van der Waals surface area contributed by atoms with Crippen LogP contribution in [0.15, 0.2) is 22.8 Å². The number of aromatic nitrogens is 3. The lowest BCUT2D eigenvalue weighted by Crippen LogP contribution is -2.10. The smallest absolute Gasteiger partial charge is 0.360 e. The van der Waals surface area contributed by atoms with Gasteiger partial charge in [0.25, 0.3) is 0 Å². The number of aryl methyl sites for hydroxylation is 1. The average Bonchev–Trinajstić information content (AvgIpc) is 2.67. The number of carbonyl (C=O) groups excluding carboxylic acids is 1. The molecule has 19 heavy (non-hydrogen) atoms. The second kappa shape index (κ2) is 5.40. The van der Waals surface area contributed by atoms with Crippen LogP contribution in [0.25, 0.3) is 5.82 Å². The van der Waals surface area contributed by atoms with Crippen LogP contribution in [0.4, 0.5) is 5.82 Å². The molecule has 0 fully saturated rings. The van der Waals surface area contributed by atoms with Gasteiger partial charge in [0.1, 0.15) is 17.5 Å². The first kappa shape index (κ1) is 13.5. The minimum Gasteiger partial charge on any atom is -0.461 e. The van der Waals surface area contributed by atoms with E-state index in [1.165, 1.54) is 0 Å². The number of pyridine rings is 1. The molecule has 0 aliphatic heterocycles. The number of halogens is 1. The van der Waals surface area contributed by atoms with Crippen molar-refractivity contribution < 1.29 is 9.53 Å². The lowest BCUT2D eigenvalue weighted by Gasteiger charge is -2.06. The number of nitrogen functional groups attached to an aromatic ring is 1. The first-order valence-electron chi connectivity index (χ1n) is 5.68. The van der Waals surface area contributed by atoms with Crippen LogP contribution >= 0.6 is 15.9 Å². The van der Waals surface area contributed by atoms with Gasteiger partial charge in [-0.05, 0) is 41.9 Å². The van der Waals surface area contributed by atoms with Gasteiger partial charge in [0, 0.05) is 10.7 Å². The summed E-state index contributed by atoms with van der Waals surface area (Å²) in [5, 5.41) is 0. The fourth-order valence-electron chi connectivity index (χ4n) is 1.69. The lowest BCUT2D eigenvalue weighted by atomic mass is 10.4. The largest absolute Gasteiger partial charge is 0.461 e. The van der Waals surface area contributed by atoms with Crippen LogP contribution in [0.1, 0.15) is 23.2 Å². The minimum atomic E-state index is -0.529. The molecule has 2 rings (SSSR count). The summed E-state index contributed by atoms with van der Waals surface area (Å²) < 4.78 is 7.38. The highest BCUT2D eigenvalue weighted by Gasteiger charge is 2.20. The topological polar surface area (TPSA) is 83.0 Å². The molecule has 100 valence electrons. The van der Waals surface area contributed by atoms with E-state index >= 15 is 0 Å². The van der Waals surface area contributed by atoms with E-state index in [1.54, 1.807) is 30.7 Å². The zero-order valence-corrected chi connectivity index (χ0v) is 12.1. The normalized spacial score (nSPS) is 10.5. The van der Waals surface area contributed by atoms with E-state index in [4.69, 9.17) is 10.5 Å². The van der Waals surface area contributed by atoms with Gasteiger partial charge in [0.05, 0.1) is 6.61 Å². The predicted octanol–water partition coefficient (Wildman–Crippen LogP) is 2.10. The van der Waals surface area contributed by atoms with Crippen LogP contribution in [0, 0.1) is 6.92 Å². The summed E-state index contributed by atoms with van der Waals surface area (Å²) >= 11 is 3.31. The van der Waals surface area contributed by atoms with E-state index in [0.29, 0.717) is 11.6 Å². The fourth-order valence-corrected chi connectivity index (χ4v) is 1.92. The van der Waals surface area contributed by atoms with Crippen molar-refractivity contribution >= 4 is 27.7 Å². The van der Waals surface area contributed by atoms with Gasteiger partial charge in [0.15, 0.2) is 5.69 Å². The van der Waals surface area contributed by atoms with E-state index in [1.807, 2.05) is 6.07 Å². The summed E-state index contributed by atoms with van der Waals surface area (Å²) in [6.07, 6.45) is 1.65. The highest BCUT2D eigenvalue weighted by Crippen LogP contribution is 2.20. The molecule has 2 aromatic heterocycles. The number of imidazole rings is 1. The first-order chi connectivity index (χ1) is 9.04. The Balaban J connectivity index is 2.47. The van der Waals surface area contributed by atoms with E-state index in [0.717, 1.165) is 4.47 Å². The van der Waals surface area contributed by atoms with E-state index < -0.39 is 5.97 Å². The van der Waals surface area contributed by atoms with Crippen LogP contribution in [-0.4, -0.2) is 27.1 Å². The Morgan fingerprint density at radius 2 is 2.26 bits per heavy atom. The molecule has 6 nitrogen and oxygen atoms in total. The molecule has 0 saturated heterocycles. The van der Waals surface area contributed by atoms with Crippen molar-refractivity contribution in [1.29, 1.82) is 0 Å². The van der Waals surface area contributed by atoms with Gasteiger partial charge in [-0.25, -0.2) is 14.8 Å². The number of nitrogens with two attached hydrogens (primary N) is 1. The van der Waals surface area contributed by atoms with Crippen molar-refractivity contribution in [1.82, 2.24) is 14.5 Å². The molecular formula is C12H13BrN4O2. The predicted molar refractivity (Wildman–Crippen MR) is 74.2 cm³/mol. The van der Waals surface area contributed by atoms with Gasteiger partial charge in [-0.15, -0.1) is 0 Å². The van der Waals surface area contributed by atoms with E-state index in [-0.39, 0.29) is 18.1 Å². The average molecular weight is 325 g/mol. The number of carbonyl (C=O) groups is 1. The summed E-state index contributed by atoms with van der Waals surface area (Å²) in [4.78, 5) is 20.1. The lowest BCUT2D eigenvalue weighted by molar-refractivity contribution is 0.0521. The Morgan fingerprint density at radius 3 is 2.84 bits per heavy atom. The molecule has 0 aliphatic carbocycles. The van der Waals surface area contributed by atoms with Crippen molar-refractivity contribution in [3.63, 3.8) is 0 Å². The third-order valence-corrected chi connectivity index (χ3v) is 2.96. The van der Waals surface area contributed by atoms with Crippen molar-refractivity contribution in [3.05, 3.63) is 34.3 Å². The Morgan fingerprint density at radius 1 is 1.53 bits per heavy atom. The second-order valence-electron chi connectivity index (χ2n) is 3.78. The molecule has 0 spiro atoms. The SMILES string of the molecule is CCOC(=O)c1nc(C)n(-c2ccc(Br)cn2)c1N. The monoisotopic (exact) mass is 324 g/mol. The molecule has 7 heteroatoms. The Kier molecular flexibility index (Phi) is 3.84. The van der Waals surface area contributed by atoms with Gasteiger partial charge in [0.2, 0.25) is 0 Å². The molecule has 0 unspecified atom stereocenters. The van der Waals surface area contributed by atoms with Crippen molar-refractivity contribution in [2.75, 3.05) is 12.3 Å². The molecule has 0 aliphatic rings. The standard InChI is InChI=1S/C12H13BrN4O2/c1-3-19-12(18)10-11(14)17(7(2)16-10)9-5-4-8(13)6-15-9/h4-6H,3,14H2,1-2H3. The van der Waals surface area contributed by atoms with Gasteiger partial charge in [-0.1, -0.05) is 0 Å². The molecule has 0 saturated carbocycles. The molecule has 0 aromatic carbocycles. The maximum Gasteiger partial charge on any atom is 0.360 e. The summed E-state index contributed by atoms with van der Waals surface area (Å²) in [6, 6.07) is 3.62. The number of nitrogens with zero attached hydrogens (tertiary/aromatic N) is 3. The minimum absolute atomic E-state index is 0.115. The summed E-state index contributed by atoms with van der Waals surface area (Å²) in [7, 11) is 0. The Hall–Kier alpha value is -1.89. The zero-order chi connectivity index (χ0) is 14.0. The first-order valence-corrected chi connectivity index (χ1v) is 6.47.